The van der Waals surface area contributed by atoms with Gasteiger partial charge in [0.25, 0.3) is 0 Å². The predicted molar refractivity (Wildman–Crippen MR) is 104 cm³/mol. The van der Waals surface area contributed by atoms with Crippen LogP contribution in [0.3, 0.4) is 0 Å². The third-order valence-corrected chi connectivity index (χ3v) is 6.17. The zero-order chi connectivity index (χ0) is 17.7. The standard InChI is InChI=1S/C24H24N2/c1-17-2-4-18(5-3-17)15-26-13-10-20-14-21(24(16-25)11-12-24)8-9-22(20)23(26)19-6-7-19/h2-5,8-9,14H,6-7,10-13,15H2,1H3. The minimum Gasteiger partial charge on any atom is -0.366 e. The molecule has 3 aliphatic rings. The lowest BCUT2D eigenvalue weighted by atomic mass is 9.88. The highest BCUT2D eigenvalue weighted by atomic mass is 15.1. The van der Waals surface area contributed by atoms with E-state index in [9.17, 15) is 5.26 Å². The molecule has 2 saturated carbocycles. The first-order valence-corrected chi connectivity index (χ1v) is 9.76. The fraction of sp³-hybridized carbons (Fsp3) is 0.375. The van der Waals surface area contributed by atoms with E-state index in [1.165, 1.54) is 46.4 Å². The van der Waals surface area contributed by atoms with E-state index in [0.29, 0.717) is 0 Å². The molecule has 2 aromatic rings. The summed E-state index contributed by atoms with van der Waals surface area (Å²) in [5.74, 6) is 0. The number of nitriles is 1. The number of aryl methyl sites for hydroxylation is 1. The van der Waals surface area contributed by atoms with Crippen LogP contribution in [-0.4, -0.2) is 11.4 Å². The molecule has 0 spiro atoms. The quantitative estimate of drug-likeness (QED) is 0.776. The summed E-state index contributed by atoms with van der Waals surface area (Å²) in [5.41, 5.74) is 9.69. The van der Waals surface area contributed by atoms with Gasteiger partial charge in [0.15, 0.2) is 0 Å². The Morgan fingerprint density at radius 3 is 2.46 bits per heavy atom. The number of benzene rings is 2. The van der Waals surface area contributed by atoms with Crippen molar-refractivity contribution in [3.63, 3.8) is 0 Å². The Labute approximate surface area is 155 Å². The summed E-state index contributed by atoms with van der Waals surface area (Å²) in [7, 11) is 0. The van der Waals surface area contributed by atoms with E-state index in [4.69, 9.17) is 0 Å². The number of fused-ring (bicyclic) bond motifs is 1. The molecule has 1 aliphatic heterocycles. The molecule has 0 radical (unpaired) electrons. The van der Waals surface area contributed by atoms with Crippen molar-refractivity contribution in [1.29, 1.82) is 5.26 Å². The van der Waals surface area contributed by atoms with E-state index in [0.717, 1.165) is 32.4 Å². The minimum absolute atomic E-state index is 0.180. The van der Waals surface area contributed by atoms with Crippen molar-refractivity contribution in [3.05, 3.63) is 75.9 Å². The molecule has 130 valence electrons. The fourth-order valence-electron chi connectivity index (χ4n) is 4.24. The van der Waals surface area contributed by atoms with Crippen LogP contribution >= 0.6 is 0 Å². The van der Waals surface area contributed by atoms with E-state index in [2.05, 4.69) is 60.4 Å². The number of allylic oxidation sites excluding steroid dienone is 1. The van der Waals surface area contributed by atoms with Gasteiger partial charge < -0.3 is 4.90 Å². The second-order valence-corrected chi connectivity index (χ2v) is 8.18. The molecule has 0 amide bonds. The molecule has 1 heterocycles. The predicted octanol–water partition coefficient (Wildman–Crippen LogP) is 5.11. The normalized spacial score (nSPS) is 19.8. The SMILES string of the molecule is Cc1ccc(CN2CCc3cc(C4(C#N)CC4)ccc3C2=C2CC2)cc1. The van der Waals surface area contributed by atoms with Crippen molar-refractivity contribution in [1.82, 2.24) is 4.90 Å². The molecule has 0 saturated heterocycles. The molecule has 2 aliphatic carbocycles. The maximum atomic E-state index is 9.52. The first kappa shape index (κ1) is 15.7. The summed E-state index contributed by atoms with van der Waals surface area (Å²) in [6.45, 7) is 4.20. The van der Waals surface area contributed by atoms with Gasteiger partial charge in [-0.2, -0.15) is 5.26 Å². The highest BCUT2D eigenvalue weighted by molar-refractivity contribution is 5.74. The fourth-order valence-corrected chi connectivity index (χ4v) is 4.24. The Balaban J connectivity index is 1.48. The lowest BCUT2D eigenvalue weighted by Gasteiger charge is -2.34. The van der Waals surface area contributed by atoms with Crippen LogP contribution in [0.4, 0.5) is 0 Å². The minimum atomic E-state index is -0.180. The van der Waals surface area contributed by atoms with Gasteiger partial charge in [-0.15, -0.1) is 0 Å². The van der Waals surface area contributed by atoms with Crippen molar-refractivity contribution in [2.45, 2.75) is 51.0 Å². The van der Waals surface area contributed by atoms with E-state index >= 15 is 0 Å². The van der Waals surface area contributed by atoms with Crippen molar-refractivity contribution < 1.29 is 0 Å². The maximum Gasteiger partial charge on any atom is 0.0823 e. The molecular weight excluding hydrogens is 316 g/mol. The Hall–Kier alpha value is -2.53. The second kappa shape index (κ2) is 5.74. The summed E-state index contributed by atoms with van der Waals surface area (Å²) < 4.78 is 0. The first-order valence-electron chi connectivity index (χ1n) is 9.76. The van der Waals surface area contributed by atoms with Crippen molar-refractivity contribution >= 4 is 5.70 Å². The van der Waals surface area contributed by atoms with Crippen LogP contribution in [0.5, 0.6) is 0 Å². The van der Waals surface area contributed by atoms with Crippen molar-refractivity contribution in [2.24, 2.45) is 0 Å². The van der Waals surface area contributed by atoms with Crippen LogP contribution in [-0.2, 0) is 18.4 Å². The van der Waals surface area contributed by atoms with Gasteiger partial charge in [-0.3, -0.25) is 0 Å². The molecule has 0 atom stereocenters. The topological polar surface area (TPSA) is 27.0 Å². The zero-order valence-corrected chi connectivity index (χ0v) is 15.4. The van der Waals surface area contributed by atoms with Gasteiger partial charge >= 0.3 is 0 Å². The summed E-state index contributed by atoms with van der Waals surface area (Å²) in [6, 6.07) is 18.3. The molecule has 0 unspecified atom stereocenters. The zero-order valence-electron chi connectivity index (χ0n) is 15.4. The Morgan fingerprint density at radius 2 is 1.81 bits per heavy atom. The van der Waals surface area contributed by atoms with Crippen LogP contribution in [0, 0.1) is 18.3 Å². The summed E-state index contributed by atoms with van der Waals surface area (Å²) >= 11 is 0. The maximum absolute atomic E-state index is 9.52. The number of hydrogen-bond acceptors (Lipinski definition) is 2. The second-order valence-electron chi connectivity index (χ2n) is 8.18. The average Bonchev–Trinajstić information content (AvgIpc) is 3.57. The molecule has 5 rings (SSSR count). The van der Waals surface area contributed by atoms with Gasteiger partial charge in [0.05, 0.1) is 11.5 Å². The van der Waals surface area contributed by atoms with Gasteiger partial charge in [-0.25, -0.2) is 0 Å². The molecule has 2 aromatic carbocycles. The van der Waals surface area contributed by atoms with Crippen LogP contribution in [0.2, 0.25) is 0 Å². The van der Waals surface area contributed by atoms with E-state index < -0.39 is 0 Å². The number of hydrogen-bond donors (Lipinski definition) is 0. The summed E-state index contributed by atoms with van der Waals surface area (Å²) in [6.07, 6.45) is 5.60. The lowest BCUT2D eigenvalue weighted by Crippen LogP contribution is -2.29. The van der Waals surface area contributed by atoms with Gasteiger partial charge in [0.1, 0.15) is 0 Å². The summed E-state index contributed by atoms with van der Waals surface area (Å²) in [5, 5.41) is 9.52. The smallest absolute Gasteiger partial charge is 0.0823 e. The van der Waals surface area contributed by atoms with Crippen LogP contribution < -0.4 is 0 Å². The third kappa shape index (κ3) is 2.63. The van der Waals surface area contributed by atoms with Gasteiger partial charge in [0, 0.05) is 24.4 Å². The monoisotopic (exact) mass is 340 g/mol. The molecule has 26 heavy (non-hydrogen) atoms. The molecule has 2 fully saturated rings. The lowest BCUT2D eigenvalue weighted by molar-refractivity contribution is 0.382. The number of rotatable bonds is 3. The molecule has 2 heteroatoms. The van der Waals surface area contributed by atoms with E-state index in [1.807, 2.05) is 0 Å². The molecule has 0 bridgehead atoms. The average molecular weight is 340 g/mol. The molecule has 0 N–H and O–H groups in total. The van der Waals surface area contributed by atoms with Gasteiger partial charge in [-0.05, 0) is 61.3 Å². The molecular formula is C24H24N2. The van der Waals surface area contributed by atoms with Gasteiger partial charge in [0.2, 0.25) is 0 Å². The largest absolute Gasteiger partial charge is 0.366 e. The first-order chi connectivity index (χ1) is 12.7. The van der Waals surface area contributed by atoms with Gasteiger partial charge in [-0.1, -0.05) is 48.0 Å². The van der Waals surface area contributed by atoms with E-state index in [-0.39, 0.29) is 5.41 Å². The van der Waals surface area contributed by atoms with Crippen molar-refractivity contribution in [3.8, 4) is 6.07 Å². The van der Waals surface area contributed by atoms with Crippen LogP contribution in [0.15, 0.2) is 48.0 Å². The molecule has 2 nitrogen and oxygen atoms in total. The third-order valence-electron chi connectivity index (χ3n) is 6.17. The Morgan fingerprint density at radius 1 is 1.04 bits per heavy atom. The Kier molecular flexibility index (Phi) is 3.47. The summed E-state index contributed by atoms with van der Waals surface area (Å²) in [4.78, 5) is 2.58. The van der Waals surface area contributed by atoms with Crippen molar-refractivity contribution in [2.75, 3.05) is 6.54 Å². The van der Waals surface area contributed by atoms with Crippen LogP contribution in [0.1, 0.15) is 53.5 Å². The van der Waals surface area contributed by atoms with Crippen LogP contribution in [0.25, 0.3) is 5.70 Å². The Bertz CT molecular complexity index is 933. The van der Waals surface area contributed by atoms with E-state index in [1.54, 1.807) is 5.57 Å². The highest BCUT2D eigenvalue weighted by Gasteiger charge is 2.45. The highest BCUT2D eigenvalue weighted by Crippen LogP contribution is 2.49. The molecule has 0 aromatic heterocycles. The number of nitrogens with zero attached hydrogens (tertiary/aromatic N) is 2.